The molecule has 1 fully saturated rings. The molecule has 6 nitrogen and oxygen atoms in total. The number of aromatic amines is 1. The molecule has 1 atom stereocenters. The Kier molecular flexibility index (Phi) is 4.38. The van der Waals surface area contributed by atoms with Crippen molar-refractivity contribution in [1.29, 1.82) is 0 Å². The van der Waals surface area contributed by atoms with Gasteiger partial charge in [-0.15, -0.1) is 0 Å². The van der Waals surface area contributed by atoms with Crippen LogP contribution in [0.25, 0.3) is 0 Å². The van der Waals surface area contributed by atoms with Crippen LogP contribution in [0.3, 0.4) is 0 Å². The maximum absolute atomic E-state index is 12.9. The molecule has 3 heterocycles. The molecule has 1 amide bonds. The molecular formula is C18H22N4O2. The number of carbonyl (C=O) groups is 1. The van der Waals surface area contributed by atoms with Gasteiger partial charge >= 0.3 is 0 Å². The van der Waals surface area contributed by atoms with Crippen molar-refractivity contribution in [3.8, 4) is 0 Å². The van der Waals surface area contributed by atoms with Crippen molar-refractivity contribution in [3.63, 3.8) is 0 Å². The minimum atomic E-state index is -0.320. The Morgan fingerprint density at radius 2 is 2.17 bits per heavy atom. The molecular weight excluding hydrogens is 304 g/mol. The van der Waals surface area contributed by atoms with Gasteiger partial charge in [-0.2, -0.15) is 0 Å². The van der Waals surface area contributed by atoms with Crippen molar-refractivity contribution >= 4 is 11.7 Å². The zero-order valence-electron chi connectivity index (χ0n) is 14.2. The molecule has 6 heteroatoms. The van der Waals surface area contributed by atoms with Crippen LogP contribution < -0.4 is 10.9 Å². The smallest absolute Gasteiger partial charge is 0.261 e. The third kappa shape index (κ3) is 2.91. The number of pyridine rings is 2. The number of anilines is 1. The van der Waals surface area contributed by atoms with E-state index in [1.54, 1.807) is 17.2 Å². The first-order valence-electron chi connectivity index (χ1n) is 8.16. The predicted molar refractivity (Wildman–Crippen MR) is 93.3 cm³/mol. The highest BCUT2D eigenvalue weighted by molar-refractivity contribution is 5.94. The summed E-state index contributed by atoms with van der Waals surface area (Å²) in [7, 11) is 1.82. The Labute approximate surface area is 140 Å². The van der Waals surface area contributed by atoms with E-state index >= 15 is 0 Å². The molecule has 1 aliphatic rings. The Bertz CT molecular complexity index is 828. The quantitative estimate of drug-likeness (QED) is 0.908. The lowest BCUT2D eigenvalue weighted by Gasteiger charge is -2.25. The summed E-state index contributed by atoms with van der Waals surface area (Å²) in [5.41, 5.74) is 2.64. The van der Waals surface area contributed by atoms with E-state index in [0.29, 0.717) is 6.54 Å². The summed E-state index contributed by atoms with van der Waals surface area (Å²) < 4.78 is 0. The second kappa shape index (κ2) is 6.47. The third-order valence-corrected chi connectivity index (χ3v) is 4.67. The number of rotatable bonds is 3. The van der Waals surface area contributed by atoms with Crippen LogP contribution in [0, 0.1) is 13.8 Å². The highest BCUT2D eigenvalue weighted by atomic mass is 16.2. The first kappa shape index (κ1) is 16.2. The van der Waals surface area contributed by atoms with E-state index in [2.05, 4.69) is 15.3 Å². The average molecular weight is 326 g/mol. The van der Waals surface area contributed by atoms with E-state index in [-0.39, 0.29) is 23.1 Å². The molecule has 3 rings (SSSR count). The molecule has 2 aromatic rings. The summed E-state index contributed by atoms with van der Waals surface area (Å²) in [5, 5.41) is 3.02. The summed E-state index contributed by atoms with van der Waals surface area (Å²) >= 11 is 0. The minimum absolute atomic E-state index is 0.0198. The van der Waals surface area contributed by atoms with Crippen LogP contribution in [-0.2, 0) is 0 Å². The SMILES string of the molecule is CNc1cc([C@H]2CCCN2C(=O)c2cc(C)c(C)[nH]c2=O)ccn1. The van der Waals surface area contributed by atoms with Crippen molar-refractivity contribution in [2.24, 2.45) is 0 Å². The van der Waals surface area contributed by atoms with Gasteiger partial charge in [0.2, 0.25) is 0 Å². The third-order valence-electron chi connectivity index (χ3n) is 4.67. The van der Waals surface area contributed by atoms with Crippen molar-refractivity contribution in [2.45, 2.75) is 32.7 Å². The zero-order chi connectivity index (χ0) is 17.3. The molecule has 0 bridgehead atoms. The lowest BCUT2D eigenvalue weighted by Crippen LogP contribution is -2.34. The zero-order valence-corrected chi connectivity index (χ0v) is 14.2. The summed E-state index contributed by atoms with van der Waals surface area (Å²) in [6, 6.07) is 5.56. The fraction of sp³-hybridized carbons (Fsp3) is 0.389. The highest BCUT2D eigenvalue weighted by Gasteiger charge is 2.32. The number of amides is 1. The molecule has 1 saturated heterocycles. The van der Waals surface area contributed by atoms with Crippen molar-refractivity contribution in [3.05, 3.63) is 57.1 Å². The molecule has 2 aromatic heterocycles. The predicted octanol–water partition coefficient (Wildman–Crippen LogP) is 2.41. The van der Waals surface area contributed by atoms with E-state index < -0.39 is 0 Å². The maximum Gasteiger partial charge on any atom is 0.261 e. The number of likely N-dealkylation sites (tertiary alicyclic amines) is 1. The Morgan fingerprint density at radius 3 is 2.92 bits per heavy atom. The molecule has 126 valence electrons. The number of aryl methyl sites for hydroxylation is 2. The van der Waals surface area contributed by atoms with Crippen molar-refractivity contribution in [1.82, 2.24) is 14.9 Å². The first-order valence-corrected chi connectivity index (χ1v) is 8.16. The standard InChI is InChI=1S/C18H22N4O2/c1-11-9-14(17(23)21-12(11)2)18(24)22-8-4-5-15(22)13-6-7-20-16(10-13)19-3/h6-7,9-10,15H,4-5,8H2,1-3H3,(H,19,20)(H,21,23)/t15-/m1/s1. The van der Waals surface area contributed by atoms with Gasteiger partial charge in [-0.1, -0.05) is 0 Å². The number of H-pyrrole nitrogens is 1. The average Bonchev–Trinajstić information content (AvgIpc) is 3.07. The summed E-state index contributed by atoms with van der Waals surface area (Å²) in [6.45, 7) is 4.39. The van der Waals surface area contributed by atoms with Gasteiger partial charge in [0.05, 0.1) is 6.04 Å². The molecule has 0 aliphatic carbocycles. The Hall–Kier alpha value is -2.63. The fourth-order valence-electron chi connectivity index (χ4n) is 3.19. The molecule has 0 spiro atoms. The number of hydrogen-bond acceptors (Lipinski definition) is 4. The van der Waals surface area contributed by atoms with Crippen LogP contribution >= 0.6 is 0 Å². The van der Waals surface area contributed by atoms with Crippen molar-refractivity contribution < 1.29 is 4.79 Å². The summed E-state index contributed by atoms with van der Waals surface area (Å²) in [5.74, 6) is 0.570. The molecule has 1 aliphatic heterocycles. The number of carbonyl (C=O) groups excluding carboxylic acids is 1. The van der Waals surface area contributed by atoms with Gasteiger partial charge in [0.25, 0.3) is 11.5 Å². The van der Waals surface area contributed by atoms with Gasteiger partial charge in [-0.25, -0.2) is 4.98 Å². The number of nitrogens with zero attached hydrogens (tertiary/aromatic N) is 2. The normalized spacial score (nSPS) is 17.1. The van der Waals surface area contributed by atoms with Gasteiger partial charge in [-0.05, 0) is 56.0 Å². The number of hydrogen-bond donors (Lipinski definition) is 2. The second-order valence-electron chi connectivity index (χ2n) is 6.20. The van der Waals surface area contributed by atoms with Gasteiger partial charge < -0.3 is 15.2 Å². The second-order valence-corrected chi connectivity index (χ2v) is 6.20. The summed E-state index contributed by atoms with van der Waals surface area (Å²) in [4.78, 5) is 33.9. The number of nitrogens with one attached hydrogen (secondary N) is 2. The minimum Gasteiger partial charge on any atom is -0.373 e. The van der Waals surface area contributed by atoms with Gasteiger partial charge in [0.15, 0.2) is 0 Å². The van der Waals surface area contributed by atoms with Crippen LogP contribution in [-0.4, -0.2) is 34.4 Å². The Balaban J connectivity index is 1.94. The van der Waals surface area contributed by atoms with Crippen molar-refractivity contribution in [2.75, 3.05) is 18.9 Å². The van der Waals surface area contributed by atoms with Crippen LogP contribution in [0.2, 0.25) is 0 Å². The Morgan fingerprint density at radius 1 is 1.38 bits per heavy atom. The molecule has 24 heavy (non-hydrogen) atoms. The molecule has 0 unspecified atom stereocenters. The first-order chi connectivity index (χ1) is 11.5. The lowest BCUT2D eigenvalue weighted by molar-refractivity contribution is 0.0733. The monoisotopic (exact) mass is 326 g/mol. The molecule has 2 N–H and O–H groups in total. The van der Waals surface area contributed by atoms with Gasteiger partial charge in [0, 0.05) is 25.5 Å². The molecule has 0 saturated carbocycles. The largest absolute Gasteiger partial charge is 0.373 e. The van der Waals surface area contributed by atoms with Crippen LogP contribution in [0.1, 0.15) is 46.1 Å². The van der Waals surface area contributed by atoms with E-state index in [0.717, 1.165) is 35.5 Å². The van der Waals surface area contributed by atoms with Crippen LogP contribution in [0.4, 0.5) is 5.82 Å². The van der Waals surface area contributed by atoms with Crippen LogP contribution in [0.15, 0.2) is 29.2 Å². The number of aromatic nitrogens is 2. The van der Waals surface area contributed by atoms with Gasteiger partial charge in [0.1, 0.15) is 11.4 Å². The van der Waals surface area contributed by atoms with Crippen LogP contribution in [0.5, 0.6) is 0 Å². The van der Waals surface area contributed by atoms with Gasteiger partial charge in [-0.3, -0.25) is 9.59 Å². The lowest BCUT2D eigenvalue weighted by atomic mass is 10.0. The summed E-state index contributed by atoms with van der Waals surface area (Å²) in [6.07, 6.45) is 3.56. The molecule has 0 radical (unpaired) electrons. The fourth-order valence-corrected chi connectivity index (χ4v) is 3.19. The topological polar surface area (TPSA) is 78.1 Å². The van der Waals surface area contributed by atoms with E-state index in [1.807, 2.05) is 33.0 Å². The van der Waals surface area contributed by atoms with E-state index in [9.17, 15) is 9.59 Å². The van der Waals surface area contributed by atoms with E-state index in [4.69, 9.17) is 0 Å². The maximum atomic E-state index is 12.9. The molecule has 0 aromatic carbocycles. The highest BCUT2D eigenvalue weighted by Crippen LogP contribution is 2.33. The van der Waals surface area contributed by atoms with E-state index in [1.165, 1.54) is 0 Å².